The molecule has 0 unspecified atom stereocenters. The largest absolute Gasteiger partial charge is 0.366 e. The normalized spacial score (nSPS) is 12.2. The molecular formula is C18H19FN4O. The molecule has 124 valence electrons. The number of carbonyl (C=O) groups is 1. The Labute approximate surface area is 139 Å². The summed E-state index contributed by atoms with van der Waals surface area (Å²) in [4.78, 5) is 15.6. The van der Waals surface area contributed by atoms with Gasteiger partial charge in [0.2, 0.25) is 0 Å². The molecule has 5 nitrogen and oxygen atoms in total. The fraction of sp³-hybridized carbons (Fsp3) is 0.222. The molecule has 0 radical (unpaired) electrons. The number of rotatable bonds is 4. The number of hydrogen-bond acceptors (Lipinski definition) is 2. The van der Waals surface area contributed by atoms with Gasteiger partial charge < -0.3 is 10.3 Å². The first-order chi connectivity index (χ1) is 11.5. The maximum atomic E-state index is 13.1. The number of amides is 1. The number of halogens is 1. The van der Waals surface area contributed by atoms with E-state index in [0.717, 1.165) is 22.4 Å². The zero-order valence-electron chi connectivity index (χ0n) is 13.8. The zero-order valence-corrected chi connectivity index (χ0v) is 13.8. The Bertz CT molecular complexity index is 864. The van der Waals surface area contributed by atoms with Gasteiger partial charge in [0.15, 0.2) is 0 Å². The zero-order chi connectivity index (χ0) is 17.3. The maximum absolute atomic E-state index is 13.1. The van der Waals surface area contributed by atoms with E-state index < -0.39 is 0 Å². The molecule has 1 atom stereocenters. The molecule has 2 N–H and O–H groups in total. The van der Waals surface area contributed by atoms with Crippen LogP contribution < -0.4 is 5.32 Å². The maximum Gasteiger partial charge on any atom is 0.253 e. The summed E-state index contributed by atoms with van der Waals surface area (Å²) in [6.45, 7) is 3.84. The number of nitrogens with one attached hydrogen (secondary N) is 2. The van der Waals surface area contributed by atoms with Crippen LogP contribution in [-0.4, -0.2) is 20.7 Å². The summed E-state index contributed by atoms with van der Waals surface area (Å²) in [7, 11) is 1.85. The van der Waals surface area contributed by atoms with Crippen LogP contribution in [-0.2, 0) is 7.05 Å². The first-order valence-electron chi connectivity index (χ1n) is 7.69. The molecule has 2 aromatic heterocycles. The predicted octanol–water partition coefficient (Wildman–Crippen LogP) is 3.35. The minimum Gasteiger partial charge on any atom is -0.366 e. The number of carbonyl (C=O) groups excluding carboxylic acids is 1. The average Bonchev–Trinajstić information content (AvgIpc) is 3.14. The predicted molar refractivity (Wildman–Crippen MR) is 90.0 cm³/mol. The van der Waals surface area contributed by atoms with Crippen molar-refractivity contribution in [1.29, 1.82) is 0 Å². The second kappa shape index (κ2) is 6.31. The minimum atomic E-state index is -0.305. The third-order valence-corrected chi connectivity index (χ3v) is 4.01. The van der Waals surface area contributed by atoms with Gasteiger partial charge in [-0.25, -0.2) is 4.39 Å². The van der Waals surface area contributed by atoms with Gasteiger partial charge in [-0.3, -0.25) is 9.48 Å². The van der Waals surface area contributed by atoms with Crippen molar-refractivity contribution in [3.05, 3.63) is 65.5 Å². The smallest absolute Gasteiger partial charge is 0.253 e. The second-order valence-corrected chi connectivity index (χ2v) is 5.83. The van der Waals surface area contributed by atoms with Crippen molar-refractivity contribution in [3.63, 3.8) is 0 Å². The molecule has 0 aliphatic rings. The van der Waals surface area contributed by atoms with Crippen LogP contribution in [0.5, 0.6) is 0 Å². The van der Waals surface area contributed by atoms with Crippen molar-refractivity contribution in [2.24, 2.45) is 7.05 Å². The molecule has 0 fully saturated rings. The standard InChI is InChI=1S/C18H19FN4O/c1-11(17-10-23(3)22-12(17)2)21-18(24)16-9-20-8-15(16)13-4-6-14(19)7-5-13/h4-11,20H,1-3H3,(H,21,24)/t11-/m0/s1. The first-order valence-corrected chi connectivity index (χ1v) is 7.69. The van der Waals surface area contributed by atoms with Crippen LogP contribution in [0.3, 0.4) is 0 Å². The number of nitrogens with zero attached hydrogens (tertiary/aromatic N) is 2. The van der Waals surface area contributed by atoms with E-state index in [2.05, 4.69) is 15.4 Å². The Morgan fingerprint density at radius 1 is 1.29 bits per heavy atom. The molecule has 0 saturated heterocycles. The van der Waals surface area contributed by atoms with Crippen LogP contribution in [0.2, 0.25) is 0 Å². The number of aromatic amines is 1. The number of aromatic nitrogens is 3. The Balaban J connectivity index is 1.82. The van der Waals surface area contributed by atoms with Crippen LogP contribution in [0.4, 0.5) is 4.39 Å². The van der Waals surface area contributed by atoms with Crippen molar-refractivity contribution in [2.75, 3.05) is 0 Å². The fourth-order valence-electron chi connectivity index (χ4n) is 2.82. The topological polar surface area (TPSA) is 62.7 Å². The highest BCUT2D eigenvalue weighted by molar-refractivity contribution is 6.00. The lowest BCUT2D eigenvalue weighted by Gasteiger charge is -2.13. The lowest BCUT2D eigenvalue weighted by atomic mass is 10.0. The van der Waals surface area contributed by atoms with Crippen LogP contribution in [0.15, 0.2) is 42.9 Å². The molecule has 1 amide bonds. The number of benzene rings is 1. The average molecular weight is 326 g/mol. The summed E-state index contributed by atoms with van der Waals surface area (Å²) in [5.41, 5.74) is 3.91. The summed E-state index contributed by atoms with van der Waals surface area (Å²) < 4.78 is 14.8. The Morgan fingerprint density at radius 3 is 2.62 bits per heavy atom. The highest BCUT2D eigenvalue weighted by Gasteiger charge is 2.18. The molecule has 0 spiro atoms. The SMILES string of the molecule is Cc1nn(C)cc1[C@H](C)NC(=O)c1c[nH]cc1-c1ccc(F)cc1. The molecule has 2 heterocycles. The van der Waals surface area contributed by atoms with Crippen molar-refractivity contribution in [2.45, 2.75) is 19.9 Å². The first kappa shape index (κ1) is 16.0. The van der Waals surface area contributed by atoms with E-state index in [4.69, 9.17) is 0 Å². The van der Waals surface area contributed by atoms with Crippen molar-refractivity contribution >= 4 is 5.91 Å². The van der Waals surface area contributed by atoms with Crippen LogP contribution >= 0.6 is 0 Å². The van der Waals surface area contributed by atoms with Gasteiger partial charge in [0.1, 0.15) is 5.82 Å². The van der Waals surface area contributed by atoms with Gasteiger partial charge in [-0.15, -0.1) is 0 Å². The van der Waals surface area contributed by atoms with E-state index in [1.807, 2.05) is 27.1 Å². The Hall–Kier alpha value is -2.89. The van der Waals surface area contributed by atoms with Gasteiger partial charge in [-0.1, -0.05) is 12.1 Å². The van der Waals surface area contributed by atoms with Gasteiger partial charge in [-0.2, -0.15) is 5.10 Å². The van der Waals surface area contributed by atoms with E-state index in [-0.39, 0.29) is 17.8 Å². The molecule has 6 heteroatoms. The number of hydrogen-bond donors (Lipinski definition) is 2. The Morgan fingerprint density at radius 2 is 2.00 bits per heavy atom. The van der Waals surface area contributed by atoms with E-state index in [9.17, 15) is 9.18 Å². The van der Waals surface area contributed by atoms with Gasteiger partial charge in [-0.05, 0) is 31.5 Å². The fourth-order valence-corrected chi connectivity index (χ4v) is 2.82. The highest BCUT2D eigenvalue weighted by atomic mass is 19.1. The number of H-pyrrole nitrogens is 1. The molecule has 24 heavy (non-hydrogen) atoms. The van der Waals surface area contributed by atoms with Crippen molar-refractivity contribution < 1.29 is 9.18 Å². The lowest BCUT2D eigenvalue weighted by molar-refractivity contribution is 0.0940. The molecule has 3 aromatic rings. The molecule has 1 aromatic carbocycles. The van der Waals surface area contributed by atoms with E-state index in [1.54, 1.807) is 29.2 Å². The van der Waals surface area contributed by atoms with E-state index >= 15 is 0 Å². The monoisotopic (exact) mass is 326 g/mol. The molecule has 0 aliphatic carbocycles. The summed E-state index contributed by atoms with van der Waals surface area (Å²) in [5, 5.41) is 7.29. The van der Waals surface area contributed by atoms with E-state index in [0.29, 0.717) is 5.56 Å². The summed E-state index contributed by atoms with van der Waals surface area (Å²) in [5.74, 6) is -0.493. The third kappa shape index (κ3) is 3.08. The van der Waals surface area contributed by atoms with E-state index in [1.165, 1.54) is 12.1 Å². The summed E-state index contributed by atoms with van der Waals surface area (Å²) in [6, 6.07) is 5.91. The molecule has 0 bridgehead atoms. The number of aryl methyl sites for hydroxylation is 2. The second-order valence-electron chi connectivity index (χ2n) is 5.83. The van der Waals surface area contributed by atoms with Crippen molar-refractivity contribution in [3.8, 4) is 11.1 Å². The van der Waals surface area contributed by atoms with Gasteiger partial charge in [0, 0.05) is 36.8 Å². The van der Waals surface area contributed by atoms with Crippen LogP contribution in [0, 0.1) is 12.7 Å². The molecular weight excluding hydrogens is 307 g/mol. The Kier molecular flexibility index (Phi) is 4.20. The van der Waals surface area contributed by atoms with Gasteiger partial charge in [0.25, 0.3) is 5.91 Å². The molecule has 3 rings (SSSR count). The molecule has 0 saturated carbocycles. The lowest BCUT2D eigenvalue weighted by Crippen LogP contribution is -2.27. The third-order valence-electron chi connectivity index (χ3n) is 4.01. The van der Waals surface area contributed by atoms with Crippen LogP contribution in [0.25, 0.3) is 11.1 Å². The minimum absolute atomic E-state index is 0.165. The summed E-state index contributed by atoms with van der Waals surface area (Å²) in [6.07, 6.45) is 5.29. The van der Waals surface area contributed by atoms with Crippen LogP contribution in [0.1, 0.15) is 34.6 Å². The van der Waals surface area contributed by atoms with Gasteiger partial charge >= 0.3 is 0 Å². The summed E-state index contributed by atoms with van der Waals surface area (Å²) >= 11 is 0. The van der Waals surface area contributed by atoms with Crippen molar-refractivity contribution in [1.82, 2.24) is 20.1 Å². The highest BCUT2D eigenvalue weighted by Crippen LogP contribution is 2.25. The van der Waals surface area contributed by atoms with Gasteiger partial charge in [0.05, 0.1) is 17.3 Å². The quantitative estimate of drug-likeness (QED) is 0.772. The molecule has 0 aliphatic heterocycles.